The SMILES string of the molecule is CN(CC(=O)Nc1ccccc1)C(=O)c1ccc(Cl)c(S(=O)(=O)Nc2ccc(Cl)cc2)c1. The van der Waals surface area contributed by atoms with Crippen LogP contribution in [0, 0.1) is 0 Å². The minimum absolute atomic E-state index is 0.0486. The van der Waals surface area contributed by atoms with E-state index in [0.29, 0.717) is 10.7 Å². The summed E-state index contributed by atoms with van der Waals surface area (Å²) in [6.07, 6.45) is 0. The van der Waals surface area contributed by atoms with Crippen molar-refractivity contribution in [3.63, 3.8) is 0 Å². The van der Waals surface area contributed by atoms with Crippen LogP contribution in [0.25, 0.3) is 0 Å². The van der Waals surface area contributed by atoms with Crippen LogP contribution in [-0.2, 0) is 14.8 Å². The lowest BCUT2D eigenvalue weighted by molar-refractivity contribution is -0.116. The number of rotatable bonds is 7. The predicted molar refractivity (Wildman–Crippen MR) is 126 cm³/mol. The Bertz CT molecular complexity index is 1230. The van der Waals surface area contributed by atoms with Gasteiger partial charge in [0, 0.05) is 29.0 Å². The second kappa shape index (κ2) is 10.0. The van der Waals surface area contributed by atoms with E-state index in [0.717, 1.165) is 0 Å². The molecule has 0 aliphatic heterocycles. The third-order valence-corrected chi connectivity index (χ3v) is 6.46. The van der Waals surface area contributed by atoms with Crippen LogP contribution in [0.15, 0.2) is 77.7 Å². The molecule has 7 nitrogen and oxygen atoms in total. The van der Waals surface area contributed by atoms with Gasteiger partial charge in [-0.2, -0.15) is 0 Å². The van der Waals surface area contributed by atoms with E-state index in [4.69, 9.17) is 23.2 Å². The van der Waals surface area contributed by atoms with E-state index in [9.17, 15) is 18.0 Å². The number of amides is 2. The highest BCUT2D eigenvalue weighted by atomic mass is 35.5. The molecule has 10 heteroatoms. The molecule has 166 valence electrons. The minimum Gasteiger partial charge on any atom is -0.332 e. The smallest absolute Gasteiger partial charge is 0.263 e. The van der Waals surface area contributed by atoms with Crippen LogP contribution >= 0.6 is 23.2 Å². The van der Waals surface area contributed by atoms with Gasteiger partial charge in [0.15, 0.2) is 0 Å². The van der Waals surface area contributed by atoms with Crippen molar-refractivity contribution < 1.29 is 18.0 Å². The van der Waals surface area contributed by atoms with E-state index in [1.165, 1.54) is 54.4 Å². The normalized spacial score (nSPS) is 11.0. The van der Waals surface area contributed by atoms with E-state index in [1.54, 1.807) is 24.3 Å². The van der Waals surface area contributed by atoms with Crippen LogP contribution in [0.5, 0.6) is 0 Å². The quantitative estimate of drug-likeness (QED) is 0.508. The number of para-hydroxylation sites is 1. The van der Waals surface area contributed by atoms with Gasteiger partial charge in [-0.05, 0) is 54.6 Å². The Hall–Kier alpha value is -3.07. The number of carbonyl (C=O) groups is 2. The van der Waals surface area contributed by atoms with E-state index in [-0.39, 0.29) is 27.7 Å². The van der Waals surface area contributed by atoms with Gasteiger partial charge in [0.1, 0.15) is 4.90 Å². The van der Waals surface area contributed by atoms with Gasteiger partial charge in [0.25, 0.3) is 15.9 Å². The molecule has 3 aromatic carbocycles. The van der Waals surface area contributed by atoms with Gasteiger partial charge in [-0.25, -0.2) is 8.42 Å². The second-order valence-electron chi connectivity index (χ2n) is 6.83. The van der Waals surface area contributed by atoms with Gasteiger partial charge < -0.3 is 10.2 Å². The van der Waals surface area contributed by atoms with Crippen molar-refractivity contribution in [3.8, 4) is 0 Å². The average molecular weight is 492 g/mol. The van der Waals surface area contributed by atoms with Crippen LogP contribution in [0.4, 0.5) is 11.4 Å². The molecule has 0 fully saturated rings. The first-order chi connectivity index (χ1) is 15.2. The maximum absolute atomic E-state index is 12.8. The maximum atomic E-state index is 12.8. The summed E-state index contributed by atoms with van der Waals surface area (Å²) < 4.78 is 28.0. The Morgan fingerprint density at radius 3 is 2.22 bits per heavy atom. The molecule has 0 saturated heterocycles. The Morgan fingerprint density at radius 2 is 1.56 bits per heavy atom. The fraction of sp³-hybridized carbons (Fsp3) is 0.0909. The van der Waals surface area contributed by atoms with E-state index in [2.05, 4.69) is 10.0 Å². The first-order valence-electron chi connectivity index (χ1n) is 9.34. The highest BCUT2D eigenvalue weighted by Gasteiger charge is 2.22. The summed E-state index contributed by atoms with van der Waals surface area (Å²) in [6.45, 7) is -0.221. The molecule has 32 heavy (non-hydrogen) atoms. The molecule has 0 saturated carbocycles. The van der Waals surface area contributed by atoms with Crippen molar-refractivity contribution in [1.29, 1.82) is 0 Å². The van der Waals surface area contributed by atoms with Crippen molar-refractivity contribution in [3.05, 3.63) is 88.4 Å². The van der Waals surface area contributed by atoms with Gasteiger partial charge >= 0.3 is 0 Å². The first-order valence-corrected chi connectivity index (χ1v) is 11.6. The molecule has 0 aromatic heterocycles. The predicted octanol–water partition coefficient (Wildman–Crippen LogP) is 4.50. The van der Waals surface area contributed by atoms with Crippen molar-refractivity contribution in [2.75, 3.05) is 23.6 Å². The van der Waals surface area contributed by atoms with Crippen LogP contribution in [0.1, 0.15) is 10.4 Å². The Labute approximate surface area is 196 Å². The average Bonchev–Trinajstić information content (AvgIpc) is 2.75. The summed E-state index contributed by atoms with van der Waals surface area (Å²) in [5.74, 6) is -0.925. The van der Waals surface area contributed by atoms with Crippen molar-refractivity contribution in [2.24, 2.45) is 0 Å². The number of sulfonamides is 1. The molecule has 0 aliphatic carbocycles. The van der Waals surface area contributed by atoms with E-state index < -0.39 is 21.8 Å². The lowest BCUT2D eigenvalue weighted by Gasteiger charge is -2.18. The number of likely N-dealkylation sites (N-methyl/N-ethyl adjacent to an activating group) is 1. The van der Waals surface area contributed by atoms with E-state index in [1.807, 2.05) is 6.07 Å². The zero-order valence-corrected chi connectivity index (χ0v) is 19.2. The number of benzene rings is 3. The fourth-order valence-electron chi connectivity index (χ4n) is 2.80. The molecule has 0 atom stereocenters. The van der Waals surface area contributed by atoms with Gasteiger partial charge in [-0.15, -0.1) is 0 Å². The number of nitrogens with zero attached hydrogens (tertiary/aromatic N) is 1. The van der Waals surface area contributed by atoms with Crippen LogP contribution in [0.2, 0.25) is 10.0 Å². The molecule has 0 radical (unpaired) electrons. The Balaban J connectivity index is 1.75. The summed E-state index contributed by atoms with van der Waals surface area (Å²) in [4.78, 5) is 25.9. The first kappa shape index (κ1) is 23.6. The zero-order valence-electron chi connectivity index (χ0n) is 16.9. The molecule has 0 unspecified atom stereocenters. The maximum Gasteiger partial charge on any atom is 0.263 e. The molecule has 3 aromatic rings. The summed E-state index contributed by atoms with van der Waals surface area (Å²) in [5.41, 5.74) is 0.962. The van der Waals surface area contributed by atoms with Crippen LogP contribution in [0.3, 0.4) is 0 Å². The standard InChI is InChI=1S/C22H19Cl2N3O4S/c1-27(14-21(28)25-17-5-3-2-4-6-17)22(29)15-7-12-19(24)20(13-15)32(30,31)26-18-10-8-16(23)9-11-18/h2-13,26H,14H2,1H3,(H,25,28). The second-order valence-corrected chi connectivity index (χ2v) is 9.33. The topological polar surface area (TPSA) is 95.6 Å². The van der Waals surface area contributed by atoms with Crippen LogP contribution in [-0.4, -0.2) is 38.7 Å². The van der Waals surface area contributed by atoms with Gasteiger partial charge in [-0.3, -0.25) is 14.3 Å². The zero-order chi connectivity index (χ0) is 23.3. The number of carbonyl (C=O) groups excluding carboxylic acids is 2. The van der Waals surface area contributed by atoms with Gasteiger partial charge in [-0.1, -0.05) is 41.4 Å². The number of hydrogen-bond donors (Lipinski definition) is 2. The third kappa shape index (κ3) is 6.00. The molecule has 2 amide bonds. The molecule has 2 N–H and O–H groups in total. The molecular weight excluding hydrogens is 473 g/mol. The molecule has 0 heterocycles. The van der Waals surface area contributed by atoms with E-state index >= 15 is 0 Å². The number of hydrogen-bond acceptors (Lipinski definition) is 4. The molecule has 0 spiro atoms. The number of nitrogens with one attached hydrogen (secondary N) is 2. The monoisotopic (exact) mass is 491 g/mol. The third-order valence-electron chi connectivity index (χ3n) is 4.35. The minimum atomic E-state index is -4.08. The summed E-state index contributed by atoms with van der Waals surface area (Å²) >= 11 is 11.9. The van der Waals surface area contributed by atoms with Gasteiger partial charge in [0.2, 0.25) is 5.91 Å². The molecular formula is C22H19Cl2N3O4S. The highest BCUT2D eigenvalue weighted by Crippen LogP contribution is 2.26. The molecule has 0 bridgehead atoms. The summed E-state index contributed by atoms with van der Waals surface area (Å²) in [7, 11) is -2.63. The number of anilines is 2. The van der Waals surface area contributed by atoms with Crippen molar-refractivity contribution >= 4 is 56.4 Å². The summed E-state index contributed by atoms with van der Waals surface area (Å²) in [6, 6.07) is 18.8. The van der Waals surface area contributed by atoms with Gasteiger partial charge in [0.05, 0.1) is 11.6 Å². The van der Waals surface area contributed by atoms with Crippen molar-refractivity contribution in [1.82, 2.24) is 4.90 Å². The van der Waals surface area contributed by atoms with Crippen molar-refractivity contribution in [2.45, 2.75) is 4.90 Å². The molecule has 0 aliphatic rings. The summed E-state index contributed by atoms with van der Waals surface area (Å²) in [5, 5.41) is 3.09. The highest BCUT2D eigenvalue weighted by molar-refractivity contribution is 7.92. The Morgan fingerprint density at radius 1 is 0.906 bits per heavy atom. The van der Waals surface area contributed by atoms with Crippen LogP contribution < -0.4 is 10.0 Å². The lowest BCUT2D eigenvalue weighted by Crippen LogP contribution is -2.35. The fourth-order valence-corrected chi connectivity index (χ4v) is 4.51. The number of halogens is 2. The largest absolute Gasteiger partial charge is 0.332 e. The Kier molecular flexibility index (Phi) is 7.40. The molecule has 3 rings (SSSR count). The lowest BCUT2D eigenvalue weighted by atomic mass is 10.2.